The van der Waals surface area contributed by atoms with Crippen LogP contribution in [0.3, 0.4) is 0 Å². The molecule has 1 aliphatic rings. The van der Waals surface area contributed by atoms with Crippen molar-refractivity contribution in [2.75, 3.05) is 0 Å². The summed E-state index contributed by atoms with van der Waals surface area (Å²) >= 11 is 12.4. The van der Waals surface area contributed by atoms with Crippen LogP contribution < -0.4 is 5.73 Å². The largest absolute Gasteiger partial charge is 0.480 e. The molecule has 0 fully saturated rings. The van der Waals surface area contributed by atoms with E-state index in [4.69, 9.17) is 33.9 Å². The van der Waals surface area contributed by atoms with Crippen molar-refractivity contribution < 1.29 is 9.90 Å². The highest BCUT2D eigenvalue weighted by molar-refractivity contribution is 6.35. The molecule has 7 heteroatoms. The average Bonchev–Trinajstić information content (AvgIpc) is 2.95. The summed E-state index contributed by atoms with van der Waals surface area (Å²) in [6.07, 6.45) is 2.49. The number of nitrogens with zero attached hydrogens (tertiary/aromatic N) is 2. The van der Waals surface area contributed by atoms with E-state index in [1.165, 1.54) is 0 Å². The fraction of sp³-hybridized carbons (Fsp3) is 0.474. The molecule has 140 valence electrons. The number of aromatic nitrogens is 2. The predicted molar refractivity (Wildman–Crippen MR) is 103 cm³/mol. The summed E-state index contributed by atoms with van der Waals surface area (Å²) < 4.78 is 2.11. The minimum Gasteiger partial charge on any atom is -0.480 e. The van der Waals surface area contributed by atoms with Crippen LogP contribution in [0, 0.1) is 0 Å². The van der Waals surface area contributed by atoms with E-state index >= 15 is 0 Å². The van der Waals surface area contributed by atoms with Gasteiger partial charge in [0.25, 0.3) is 0 Å². The van der Waals surface area contributed by atoms with Crippen molar-refractivity contribution in [1.29, 1.82) is 0 Å². The van der Waals surface area contributed by atoms with Crippen LogP contribution in [0.25, 0.3) is 0 Å². The van der Waals surface area contributed by atoms with Gasteiger partial charge in [0, 0.05) is 27.6 Å². The van der Waals surface area contributed by atoms with Gasteiger partial charge >= 0.3 is 5.97 Å². The highest BCUT2D eigenvalue weighted by Gasteiger charge is 2.35. The summed E-state index contributed by atoms with van der Waals surface area (Å²) in [5.41, 5.74) is 8.85. The predicted octanol–water partition coefficient (Wildman–Crippen LogP) is 4.19. The minimum atomic E-state index is -0.980. The van der Waals surface area contributed by atoms with Gasteiger partial charge in [0.15, 0.2) is 0 Å². The molecule has 26 heavy (non-hydrogen) atoms. The van der Waals surface area contributed by atoms with E-state index in [9.17, 15) is 9.90 Å². The molecule has 0 saturated carbocycles. The number of nitrogens with two attached hydrogens (primary N) is 1. The summed E-state index contributed by atoms with van der Waals surface area (Å²) in [7, 11) is 0. The molecule has 1 aromatic carbocycles. The zero-order valence-corrected chi connectivity index (χ0v) is 16.4. The topological polar surface area (TPSA) is 81.1 Å². The SMILES string of the molecule is CC(C)c1nc2c(n1Cc1ccc(Cl)cc1Cl)C(C(N)C(=O)O)CCC2. The Bertz CT molecular complexity index is 832. The molecule has 2 unspecified atom stereocenters. The van der Waals surface area contributed by atoms with Crippen LogP contribution in [-0.4, -0.2) is 26.7 Å². The second-order valence-corrected chi connectivity index (χ2v) is 7.98. The lowest BCUT2D eigenvalue weighted by atomic mass is 9.84. The van der Waals surface area contributed by atoms with Gasteiger partial charge in [-0.2, -0.15) is 0 Å². The van der Waals surface area contributed by atoms with Crippen LogP contribution in [0.2, 0.25) is 10.0 Å². The van der Waals surface area contributed by atoms with E-state index in [-0.39, 0.29) is 11.8 Å². The first-order valence-corrected chi connectivity index (χ1v) is 9.56. The van der Waals surface area contributed by atoms with Crippen LogP contribution >= 0.6 is 23.2 Å². The summed E-state index contributed by atoms with van der Waals surface area (Å²) in [4.78, 5) is 16.4. The molecule has 0 bridgehead atoms. The minimum absolute atomic E-state index is 0.202. The quantitative estimate of drug-likeness (QED) is 0.794. The van der Waals surface area contributed by atoms with Gasteiger partial charge in [-0.05, 0) is 37.0 Å². The number of rotatable bonds is 5. The lowest BCUT2D eigenvalue weighted by molar-refractivity contribution is -0.139. The molecule has 3 rings (SSSR count). The van der Waals surface area contributed by atoms with Gasteiger partial charge in [-0.1, -0.05) is 43.1 Å². The van der Waals surface area contributed by atoms with Gasteiger partial charge in [0.2, 0.25) is 0 Å². The molecule has 0 spiro atoms. The molecule has 1 heterocycles. The standard InChI is InChI=1S/C19H23Cl2N3O2/c1-10(2)18-23-15-5-3-4-13(16(22)19(25)26)17(15)24(18)9-11-6-7-12(20)8-14(11)21/h6-8,10,13,16H,3-5,9,22H2,1-2H3,(H,25,26). The fourth-order valence-corrected chi connectivity index (χ4v) is 4.18. The molecule has 1 aliphatic carbocycles. The third kappa shape index (κ3) is 3.61. The maximum absolute atomic E-state index is 11.5. The van der Waals surface area contributed by atoms with E-state index < -0.39 is 12.0 Å². The van der Waals surface area contributed by atoms with Crippen molar-refractivity contribution >= 4 is 29.2 Å². The highest BCUT2D eigenvalue weighted by atomic mass is 35.5. The van der Waals surface area contributed by atoms with Crippen molar-refractivity contribution in [3.63, 3.8) is 0 Å². The van der Waals surface area contributed by atoms with E-state index in [1.54, 1.807) is 6.07 Å². The van der Waals surface area contributed by atoms with Gasteiger partial charge in [-0.25, -0.2) is 4.98 Å². The van der Waals surface area contributed by atoms with Gasteiger partial charge in [0.1, 0.15) is 11.9 Å². The van der Waals surface area contributed by atoms with Crippen LogP contribution in [0.5, 0.6) is 0 Å². The second-order valence-electron chi connectivity index (χ2n) is 7.14. The van der Waals surface area contributed by atoms with Crippen LogP contribution in [0.1, 0.15) is 61.3 Å². The molecule has 0 saturated heterocycles. The third-order valence-electron chi connectivity index (χ3n) is 4.97. The van der Waals surface area contributed by atoms with Crippen LogP contribution in [0.4, 0.5) is 0 Å². The lowest BCUT2D eigenvalue weighted by Crippen LogP contribution is -2.39. The van der Waals surface area contributed by atoms with Crippen molar-refractivity contribution in [3.05, 3.63) is 51.0 Å². The molecule has 2 aromatic rings. The smallest absolute Gasteiger partial charge is 0.321 e. The Hall–Kier alpha value is -1.56. The Morgan fingerprint density at radius 1 is 1.42 bits per heavy atom. The number of carboxylic acids is 1. The Kier molecular flexibility index (Phi) is 5.61. The normalized spacial score (nSPS) is 18.0. The van der Waals surface area contributed by atoms with Crippen molar-refractivity contribution in [1.82, 2.24) is 9.55 Å². The number of aliphatic carboxylic acids is 1. The number of hydrogen-bond donors (Lipinski definition) is 2. The van der Waals surface area contributed by atoms with Crippen molar-refractivity contribution in [2.45, 2.75) is 57.5 Å². The van der Waals surface area contributed by atoms with Gasteiger partial charge < -0.3 is 15.4 Å². The highest BCUT2D eigenvalue weighted by Crippen LogP contribution is 2.37. The number of aryl methyl sites for hydroxylation is 1. The number of imidazole rings is 1. The van der Waals surface area contributed by atoms with Crippen LogP contribution in [0.15, 0.2) is 18.2 Å². The number of carbonyl (C=O) groups is 1. The Morgan fingerprint density at radius 3 is 2.77 bits per heavy atom. The number of fused-ring (bicyclic) bond motifs is 1. The monoisotopic (exact) mass is 395 g/mol. The molecule has 0 radical (unpaired) electrons. The Balaban J connectivity index is 2.11. The van der Waals surface area contributed by atoms with E-state index in [2.05, 4.69) is 18.4 Å². The van der Waals surface area contributed by atoms with E-state index in [1.807, 2.05) is 12.1 Å². The molecular formula is C19H23Cl2N3O2. The second kappa shape index (κ2) is 7.59. The molecular weight excluding hydrogens is 373 g/mol. The molecule has 5 nitrogen and oxygen atoms in total. The molecule has 3 N–H and O–H groups in total. The maximum atomic E-state index is 11.5. The van der Waals surface area contributed by atoms with E-state index in [0.29, 0.717) is 16.6 Å². The maximum Gasteiger partial charge on any atom is 0.321 e. The van der Waals surface area contributed by atoms with Crippen molar-refractivity contribution in [2.24, 2.45) is 5.73 Å². The zero-order valence-electron chi connectivity index (χ0n) is 14.9. The van der Waals surface area contributed by atoms with Crippen molar-refractivity contribution in [3.8, 4) is 0 Å². The Labute approximate surface area is 163 Å². The average molecular weight is 396 g/mol. The number of carboxylic acid groups (broad SMARTS) is 1. The summed E-state index contributed by atoms with van der Waals surface area (Å²) in [5, 5.41) is 10.6. The van der Waals surface area contributed by atoms with Gasteiger partial charge in [-0.15, -0.1) is 0 Å². The first-order valence-electron chi connectivity index (χ1n) is 8.81. The van der Waals surface area contributed by atoms with E-state index in [0.717, 1.165) is 42.0 Å². The molecule has 0 amide bonds. The Morgan fingerprint density at radius 2 is 2.15 bits per heavy atom. The molecule has 2 atom stereocenters. The first kappa shape index (κ1) is 19.2. The zero-order chi connectivity index (χ0) is 19.0. The van der Waals surface area contributed by atoms with Crippen LogP contribution in [-0.2, 0) is 17.8 Å². The van der Waals surface area contributed by atoms with Gasteiger partial charge in [-0.3, -0.25) is 4.79 Å². The summed E-state index contributed by atoms with van der Waals surface area (Å²) in [6.45, 7) is 4.69. The molecule has 0 aliphatic heterocycles. The number of benzene rings is 1. The lowest BCUT2D eigenvalue weighted by Gasteiger charge is -2.28. The summed E-state index contributed by atoms with van der Waals surface area (Å²) in [5.74, 6) is -0.0903. The summed E-state index contributed by atoms with van der Waals surface area (Å²) in [6, 6.07) is 4.49. The number of halogens is 2. The molecule has 1 aromatic heterocycles. The first-order chi connectivity index (χ1) is 12.3. The fourth-order valence-electron chi connectivity index (χ4n) is 3.71. The third-order valence-corrected chi connectivity index (χ3v) is 5.56. The number of hydrogen-bond acceptors (Lipinski definition) is 3. The van der Waals surface area contributed by atoms with Gasteiger partial charge in [0.05, 0.1) is 12.2 Å².